The number of hydrogen-bond acceptors (Lipinski definition) is 3. The minimum absolute atomic E-state index is 0.815. The van der Waals surface area contributed by atoms with E-state index in [-0.39, 0.29) is 0 Å². The molecule has 10 rings (SSSR count). The molecule has 3 heterocycles. The highest BCUT2D eigenvalue weighted by Gasteiger charge is 2.29. The summed E-state index contributed by atoms with van der Waals surface area (Å²) in [7, 11) is 0. The van der Waals surface area contributed by atoms with Crippen molar-refractivity contribution in [2.45, 2.75) is 0 Å². The first-order chi connectivity index (χ1) is 22.8. The summed E-state index contributed by atoms with van der Waals surface area (Å²) in [5.41, 5.74) is 11.7. The number of benzene rings is 7. The van der Waals surface area contributed by atoms with Gasteiger partial charge in [0.15, 0.2) is 5.82 Å². The van der Waals surface area contributed by atoms with Crippen molar-refractivity contribution in [3.63, 3.8) is 0 Å². The SMILES string of the molecule is c1ccc(-n2c3ccccc3c3ccc(-c4nc5ccccc5nc4N4c5ccccc5-c5cccc6cccc4c56)cc32)cc1. The van der Waals surface area contributed by atoms with Crippen LogP contribution >= 0.6 is 0 Å². The average Bonchev–Trinajstić information content (AvgIpc) is 3.45. The van der Waals surface area contributed by atoms with Crippen molar-refractivity contribution in [1.82, 2.24) is 14.5 Å². The van der Waals surface area contributed by atoms with Gasteiger partial charge in [0.1, 0.15) is 5.69 Å². The van der Waals surface area contributed by atoms with Gasteiger partial charge in [-0.25, -0.2) is 9.97 Å². The highest BCUT2D eigenvalue weighted by atomic mass is 15.2. The molecule has 0 N–H and O–H groups in total. The lowest BCUT2D eigenvalue weighted by atomic mass is 9.91. The van der Waals surface area contributed by atoms with Gasteiger partial charge in [0, 0.05) is 33.0 Å². The highest BCUT2D eigenvalue weighted by Crippen LogP contribution is 2.52. The first-order valence-electron chi connectivity index (χ1n) is 15.6. The second-order valence-corrected chi connectivity index (χ2v) is 11.8. The fourth-order valence-electron chi connectivity index (χ4n) is 7.30. The molecule has 9 aromatic rings. The van der Waals surface area contributed by atoms with Crippen molar-refractivity contribution < 1.29 is 0 Å². The van der Waals surface area contributed by atoms with E-state index >= 15 is 0 Å². The highest BCUT2D eigenvalue weighted by molar-refractivity contribution is 6.15. The van der Waals surface area contributed by atoms with E-state index in [4.69, 9.17) is 9.97 Å². The van der Waals surface area contributed by atoms with E-state index in [1.807, 2.05) is 12.1 Å². The van der Waals surface area contributed by atoms with E-state index in [2.05, 4.69) is 155 Å². The topological polar surface area (TPSA) is 34.0 Å². The van der Waals surface area contributed by atoms with E-state index < -0.39 is 0 Å². The van der Waals surface area contributed by atoms with E-state index in [9.17, 15) is 0 Å². The van der Waals surface area contributed by atoms with Crippen molar-refractivity contribution in [1.29, 1.82) is 0 Å². The number of fused-ring (bicyclic) bond motifs is 6. The third-order valence-corrected chi connectivity index (χ3v) is 9.28. The normalized spacial score (nSPS) is 12.3. The summed E-state index contributed by atoms with van der Waals surface area (Å²) >= 11 is 0. The third-order valence-electron chi connectivity index (χ3n) is 9.28. The molecular formula is C42H26N4. The Morgan fingerprint density at radius 2 is 1.13 bits per heavy atom. The van der Waals surface area contributed by atoms with Crippen LogP contribution < -0.4 is 4.90 Å². The Labute approximate surface area is 265 Å². The lowest BCUT2D eigenvalue weighted by molar-refractivity contribution is 1.17. The Morgan fingerprint density at radius 3 is 2.02 bits per heavy atom. The van der Waals surface area contributed by atoms with Crippen LogP contribution in [0.25, 0.3) is 71.7 Å². The Morgan fingerprint density at radius 1 is 0.457 bits per heavy atom. The van der Waals surface area contributed by atoms with E-state index in [1.165, 1.54) is 38.2 Å². The average molecular weight is 587 g/mol. The standard InChI is InChI=1S/C42H26N4/c1-2-14-29(15-3-1)45-36-21-8-4-16-30(36)32-25-24-28(26-39(32)45)41-42(44-35-20-7-6-19-34(35)43-41)46-37-22-9-5-17-31(37)33-18-10-12-27-13-11-23-38(46)40(27)33/h1-26H. The molecule has 0 amide bonds. The van der Waals surface area contributed by atoms with Crippen LogP contribution in [0.3, 0.4) is 0 Å². The molecule has 46 heavy (non-hydrogen) atoms. The predicted molar refractivity (Wildman–Crippen MR) is 190 cm³/mol. The molecule has 0 aliphatic carbocycles. The quantitative estimate of drug-likeness (QED) is 0.206. The summed E-state index contributed by atoms with van der Waals surface area (Å²) in [5, 5.41) is 4.87. The van der Waals surface area contributed by atoms with E-state index in [0.717, 1.165) is 50.7 Å². The smallest absolute Gasteiger partial charge is 0.165 e. The van der Waals surface area contributed by atoms with Crippen LogP contribution in [-0.4, -0.2) is 14.5 Å². The molecule has 1 aliphatic heterocycles. The second-order valence-electron chi connectivity index (χ2n) is 11.8. The molecule has 0 saturated carbocycles. The Hall–Kier alpha value is -6.26. The van der Waals surface area contributed by atoms with Gasteiger partial charge in [-0.3, -0.25) is 4.90 Å². The van der Waals surface area contributed by atoms with Crippen LogP contribution in [-0.2, 0) is 0 Å². The fourth-order valence-corrected chi connectivity index (χ4v) is 7.30. The molecule has 1 aliphatic rings. The zero-order valence-electron chi connectivity index (χ0n) is 24.8. The van der Waals surface area contributed by atoms with Gasteiger partial charge in [-0.1, -0.05) is 109 Å². The van der Waals surface area contributed by atoms with Gasteiger partial charge in [-0.05, 0) is 59.5 Å². The molecular weight excluding hydrogens is 560 g/mol. The van der Waals surface area contributed by atoms with Gasteiger partial charge in [0.05, 0.1) is 33.4 Å². The third kappa shape index (κ3) is 3.55. The van der Waals surface area contributed by atoms with Gasteiger partial charge in [0.25, 0.3) is 0 Å². The van der Waals surface area contributed by atoms with Crippen molar-refractivity contribution in [2.75, 3.05) is 4.90 Å². The first kappa shape index (κ1) is 25.1. The zero-order chi connectivity index (χ0) is 30.2. The number of rotatable bonds is 3. The summed E-state index contributed by atoms with van der Waals surface area (Å²) in [6.45, 7) is 0. The molecule has 0 saturated heterocycles. The maximum atomic E-state index is 5.39. The van der Waals surface area contributed by atoms with Crippen LogP contribution in [0.5, 0.6) is 0 Å². The molecule has 0 unspecified atom stereocenters. The fraction of sp³-hybridized carbons (Fsp3) is 0. The summed E-state index contributed by atoms with van der Waals surface area (Å²) < 4.78 is 2.36. The molecule has 0 radical (unpaired) electrons. The molecule has 0 atom stereocenters. The minimum atomic E-state index is 0.815. The molecule has 4 heteroatoms. The van der Waals surface area contributed by atoms with Crippen molar-refractivity contribution >= 4 is 60.8 Å². The molecule has 0 bridgehead atoms. The minimum Gasteiger partial charge on any atom is -0.309 e. The molecule has 0 fully saturated rings. The number of aromatic nitrogens is 3. The summed E-state index contributed by atoms with van der Waals surface area (Å²) in [6, 6.07) is 55.9. The first-order valence-corrected chi connectivity index (χ1v) is 15.6. The van der Waals surface area contributed by atoms with Crippen LogP contribution in [0.15, 0.2) is 158 Å². The number of nitrogens with zero attached hydrogens (tertiary/aromatic N) is 4. The van der Waals surface area contributed by atoms with Gasteiger partial charge < -0.3 is 4.57 Å². The van der Waals surface area contributed by atoms with E-state index in [1.54, 1.807) is 0 Å². The number of para-hydroxylation sites is 5. The van der Waals surface area contributed by atoms with Gasteiger partial charge in [-0.15, -0.1) is 0 Å². The molecule has 0 spiro atoms. The number of hydrogen-bond donors (Lipinski definition) is 0. The largest absolute Gasteiger partial charge is 0.309 e. The zero-order valence-corrected chi connectivity index (χ0v) is 24.8. The summed E-state index contributed by atoms with van der Waals surface area (Å²) in [6.07, 6.45) is 0. The molecule has 4 nitrogen and oxygen atoms in total. The number of anilines is 3. The van der Waals surface area contributed by atoms with Gasteiger partial charge in [-0.2, -0.15) is 0 Å². The van der Waals surface area contributed by atoms with Crippen LogP contribution in [0.2, 0.25) is 0 Å². The molecule has 7 aromatic carbocycles. The van der Waals surface area contributed by atoms with Gasteiger partial charge >= 0.3 is 0 Å². The summed E-state index contributed by atoms with van der Waals surface area (Å²) in [5.74, 6) is 0.815. The van der Waals surface area contributed by atoms with E-state index in [0.29, 0.717) is 0 Å². The Kier molecular flexibility index (Phi) is 5.25. The van der Waals surface area contributed by atoms with Crippen molar-refractivity contribution in [3.05, 3.63) is 158 Å². The van der Waals surface area contributed by atoms with Crippen LogP contribution in [0, 0.1) is 0 Å². The van der Waals surface area contributed by atoms with Crippen molar-refractivity contribution in [3.8, 4) is 28.1 Å². The monoisotopic (exact) mass is 586 g/mol. The van der Waals surface area contributed by atoms with Crippen LogP contribution in [0.1, 0.15) is 0 Å². The second kappa shape index (κ2) is 9.62. The predicted octanol–water partition coefficient (Wildman–Crippen LogP) is 11.0. The van der Waals surface area contributed by atoms with Gasteiger partial charge in [0.2, 0.25) is 0 Å². The Balaban J connectivity index is 1.30. The Bertz CT molecular complexity index is 2650. The van der Waals surface area contributed by atoms with Crippen molar-refractivity contribution in [2.24, 2.45) is 0 Å². The molecule has 2 aromatic heterocycles. The summed E-state index contributed by atoms with van der Waals surface area (Å²) in [4.78, 5) is 13.1. The maximum absolute atomic E-state index is 5.39. The lowest BCUT2D eigenvalue weighted by Crippen LogP contribution is -2.18. The lowest BCUT2D eigenvalue weighted by Gasteiger charge is -2.33. The van der Waals surface area contributed by atoms with Crippen LogP contribution in [0.4, 0.5) is 17.2 Å². The maximum Gasteiger partial charge on any atom is 0.165 e. The molecule has 214 valence electrons.